The second-order valence-corrected chi connectivity index (χ2v) is 10.5. The van der Waals surface area contributed by atoms with Crippen LogP contribution in [0.2, 0.25) is 0 Å². The summed E-state index contributed by atoms with van der Waals surface area (Å²) >= 11 is 0. The van der Waals surface area contributed by atoms with Crippen molar-refractivity contribution in [3.63, 3.8) is 0 Å². The van der Waals surface area contributed by atoms with Gasteiger partial charge >= 0.3 is 8.60 Å². The first-order valence-corrected chi connectivity index (χ1v) is 13.7. The van der Waals surface area contributed by atoms with Crippen LogP contribution < -0.4 is 4.90 Å². The van der Waals surface area contributed by atoms with Gasteiger partial charge in [0.25, 0.3) is 0 Å². The molecule has 2 N–H and O–H groups in total. The highest BCUT2D eigenvalue weighted by atomic mass is 31.2. The Bertz CT molecular complexity index is 1180. The summed E-state index contributed by atoms with van der Waals surface area (Å²) in [5, 5.41) is 5.44. The van der Waals surface area contributed by atoms with E-state index in [1.165, 1.54) is 0 Å². The summed E-state index contributed by atoms with van der Waals surface area (Å²) in [6, 6.07) is 6.02. The topological polar surface area (TPSA) is 115 Å². The largest absolute Gasteiger partial charge is 0.377 e. The minimum absolute atomic E-state index is 0.00681. The second-order valence-electron chi connectivity index (χ2n) is 9.75. The fourth-order valence-corrected chi connectivity index (χ4v) is 5.65. The van der Waals surface area contributed by atoms with Crippen LogP contribution in [0.5, 0.6) is 0 Å². The van der Waals surface area contributed by atoms with Crippen molar-refractivity contribution in [2.24, 2.45) is 5.92 Å². The van der Waals surface area contributed by atoms with Crippen molar-refractivity contribution in [2.75, 3.05) is 31.3 Å². The molecular weight excluding hydrogens is 481 g/mol. The molecule has 3 aromatic rings. The van der Waals surface area contributed by atoms with E-state index in [2.05, 4.69) is 16.9 Å². The molecule has 0 radical (unpaired) electrons. The fourth-order valence-electron chi connectivity index (χ4n) is 5.09. The Morgan fingerprint density at radius 2 is 2.03 bits per heavy atom. The Hall–Kier alpha value is -2.20. The second kappa shape index (κ2) is 11.0. The number of hydrogen-bond donors (Lipinski definition) is 2. The van der Waals surface area contributed by atoms with E-state index in [4.69, 9.17) is 24.0 Å². The summed E-state index contributed by atoms with van der Waals surface area (Å²) in [7, 11) is -2.54. The van der Waals surface area contributed by atoms with Crippen LogP contribution >= 0.6 is 8.60 Å². The summed E-state index contributed by atoms with van der Waals surface area (Å²) < 4.78 is 19.3. The molecule has 194 valence electrons. The molecule has 0 aromatic carbocycles. The van der Waals surface area contributed by atoms with Crippen molar-refractivity contribution in [3.05, 3.63) is 36.2 Å². The van der Waals surface area contributed by atoms with Crippen LogP contribution in [0, 0.1) is 5.92 Å². The Kier molecular flexibility index (Phi) is 7.81. The molecule has 5 heterocycles. The summed E-state index contributed by atoms with van der Waals surface area (Å²) in [6.45, 7) is 8.78. The van der Waals surface area contributed by atoms with Crippen LogP contribution in [0.1, 0.15) is 57.9 Å². The number of aromatic nitrogens is 4. The first-order chi connectivity index (χ1) is 17.4. The smallest absolute Gasteiger partial charge is 0.327 e. The van der Waals surface area contributed by atoms with Gasteiger partial charge in [-0.3, -0.25) is 4.98 Å². The third-order valence-electron chi connectivity index (χ3n) is 6.87. The molecule has 0 saturated carbocycles. The summed E-state index contributed by atoms with van der Waals surface area (Å²) in [4.78, 5) is 31.6. The molecule has 10 nitrogen and oxygen atoms in total. The monoisotopic (exact) mass is 515 g/mol. The van der Waals surface area contributed by atoms with E-state index >= 15 is 0 Å². The molecule has 11 heteroatoms. The molecule has 0 amide bonds. The Morgan fingerprint density at radius 1 is 1.17 bits per heavy atom. The van der Waals surface area contributed by atoms with E-state index in [0.717, 1.165) is 47.2 Å². The highest BCUT2D eigenvalue weighted by molar-refractivity contribution is 7.39. The third kappa shape index (κ3) is 5.11. The van der Waals surface area contributed by atoms with Gasteiger partial charge < -0.3 is 28.7 Å². The van der Waals surface area contributed by atoms with Crippen LogP contribution in [0.25, 0.3) is 22.3 Å². The maximum Gasteiger partial charge on any atom is 0.327 e. The average molecular weight is 516 g/mol. The summed E-state index contributed by atoms with van der Waals surface area (Å²) in [5.74, 6) is 0.782. The summed E-state index contributed by atoms with van der Waals surface area (Å²) in [6.07, 6.45) is 5.90. The van der Waals surface area contributed by atoms with E-state index in [9.17, 15) is 9.79 Å². The molecule has 3 atom stereocenters. The Balaban J connectivity index is 1.70. The molecule has 2 fully saturated rings. The van der Waals surface area contributed by atoms with Crippen molar-refractivity contribution in [3.8, 4) is 11.4 Å². The molecule has 2 saturated heterocycles. The van der Waals surface area contributed by atoms with Crippen LogP contribution in [-0.2, 0) is 14.0 Å². The predicted molar refractivity (Wildman–Crippen MR) is 137 cm³/mol. The molecule has 0 aliphatic carbocycles. The minimum atomic E-state index is -2.54. The lowest BCUT2D eigenvalue weighted by Gasteiger charge is -2.35. The van der Waals surface area contributed by atoms with Gasteiger partial charge in [0.1, 0.15) is 17.0 Å². The summed E-state index contributed by atoms with van der Waals surface area (Å²) in [5.41, 5.74) is 3.12. The molecule has 2 aliphatic heterocycles. The maximum atomic E-state index is 9.77. The fraction of sp³-hybridized carbons (Fsp3) is 0.560. The van der Waals surface area contributed by atoms with E-state index in [0.29, 0.717) is 32.1 Å². The minimum Gasteiger partial charge on any atom is -0.377 e. The zero-order valence-corrected chi connectivity index (χ0v) is 21.8. The van der Waals surface area contributed by atoms with Gasteiger partial charge in [0, 0.05) is 30.9 Å². The quantitative estimate of drug-likeness (QED) is 0.443. The first kappa shape index (κ1) is 25.4. The van der Waals surface area contributed by atoms with Crippen LogP contribution in [0.3, 0.4) is 0 Å². The van der Waals surface area contributed by atoms with Crippen molar-refractivity contribution in [1.82, 2.24) is 19.7 Å². The van der Waals surface area contributed by atoms with Crippen LogP contribution in [0.15, 0.2) is 30.6 Å². The van der Waals surface area contributed by atoms with Crippen LogP contribution in [-0.4, -0.2) is 61.9 Å². The number of hydrogen-bond acceptors (Lipinski definition) is 9. The van der Waals surface area contributed by atoms with E-state index in [1.54, 1.807) is 12.4 Å². The molecule has 3 aromatic heterocycles. The first-order valence-electron chi connectivity index (χ1n) is 12.6. The normalized spacial score (nSPS) is 22.0. The molecular formula is C25H34N5O5P. The molecule has 2 aliphatic rings. The van der Waals surface area contributed by atoms with E-state index < -0.39 is 14.7 Å². The third-order valence-corrected chi connectivity index (χ3v) is 7.29. The van der Waals surface area contributed by atoms with Gasteiger partial charge in [-0.2, -0.15) is 5.10 Å². The number of nitrogens with zero attached hydrogens (tertiary/aromatic N) is 5. The number of morpholine rings is 1. The zero-order chi connectivity index (χ0) is 25.2. The van der Waals surface area contributed by atoms with Gasteiger partial charge in [0.05, 0.1) is 31.1 Å². The van der Waals surface area contributed by atoms with Gasteiger partial charge in [-0.1, -0.05) is 13.8 Å². The van der Waals surface area contributed by atoms with Crippen LogP contribution in [0.4, 0.5) is 5.82 Å². The van der Waals surface area contributed by atoms with Gasteiger partial charge in [0.2, 0.25) is 0 Å². The van der Waals surface area contributed by atoms with Gasteiger partial charge in [-0.15, -0.1) is 0 Å². The van der Waals surface area contributed by atoms with Crippen molar-refractivity contribution in [2.45, 2.75) is 58.4 Å². The van der Waals surface area contributed by atoms with E-state index in [1.807, 2.05) is 36.7 Å². The van der Waals surface area contributed by atoms with Crippen molar-refractivity contribution >= 4 is 25.3 Å². The number of pyridine rings is 2. The maximum absolute atomic E-state index is 9.77. The SMILES string of the molecule is CC(C)C(OP(O)O)c1cc(N2CCOC[C@H]2C)nc2c(-c3ccnn3C3CCCCO3)nccc12. The Labute approximate surface area is 212 Å². The predicted octanol–water partition coefficient (Wildman–Crippen LogP) is 4.34. The molecule has 0 bridgehead atoms. The zero-order valence-electron chi connectivity index (χ0n) is 20.9. The average Bonchev–Trinajstić information content (AvgIpc) is 3.37. The van der Waals surface area contributed by atoms with Crippen molar-refractivity contribution in [1.29, 1.82) is 0 Å². The number of rotatable bonds is 7. The number of ether oxygens (including phenoxy) is 2. The van der Waals surface area contributed by atoms with Crippen molar-refractivity contribution < 1.29 is 23.8 Å². The Morgan fingerprint density at radius 3 is 2.75 bits per heavy atom. The van der Waals surface area contributed by atoms with Gasteiger partial charge in [-0.25, -0.2) is 9.67 Å². The molecule has 5 rings (SSSR count). The number of anilines is 1. The lowest BCUT2D eigenvalue weighted by molar-refractivity contribution is -0.0383. The highest BCUT2D eigenvalue weighted by Gasteiger charge is 2.29. The lowest BCUT2D eigenvalue weighted by atomic mass is 9.95. The molecule has 36 heavy (non-hydrogen) atoms. The highest BCUT2D eigenvalue weighted by Crippen LogP contribution is 2.43. The lowest BCUT2D eigenvalue weighted by Crippen LogP contribution is -2.44. The number of fused-ring (bicyclic) bond motifs is 1. The van der Waals surface area contributed by atoms with Gasteiger partial charge in [-0.05, 0) is 55.9 Å². The van der Waals surface area contributed by atoms with Gasteiger partial charge in [0.15, 0.2) is 6.23 Å². The molecule has 2 unspecified atom stereocenters. The standard InChI is InChI=1S/C25H34N5O5P/c1-16(2)25(35-36(31)32)19-14-21(29-11-13-33-15-17(29)3)28-23-18(19)7-9-26-24(23)20-8-10-27-30(20)22-6-4-5-12-34-22/h7-10,14,16-17,22,25,31-32H,4-6,11-13,15H2,1-3H3/t17-,22?,25?/m1/s1. The van der Waals surface area contributed by atoms with E-state index in [-0.39, 0.29) is 18.2 Å². The molecule has 0 spiro atoms.